The molecule has 48 heavy (non-hydrogen) atoms. The molecule has 0 aliphatic rings. The summed E-state index contributed by atoms with van der Waals surface area (Å²) in [5, 5.41) is 9.89. The molecule has 1 aromatic heterocycles. The van der Waals surface area contributed by atoms with E-state index in [4.69, 9.17) is 32.4 Å². The number of hydrogen-bond acceptors (Lipinski definition) is 10. The zero-order valence-corrected chi connectivity index (χ0v) is 27.5. The number of carbonyl (C=O) groups is 4. The third-order valence-corrected chi connectivity index (χ3v) is 7.87. The van der Waals surface area contributed by atoms with Crippen molar-refractivity contribution in [3.05, 3.63) is 76.2 Å². The van der Waals surface area contributed by atoms with Gasteiger partial charge in [0.05, 0.1) is 7.11 Å². The van der Waals surface area contributed by atoms with Crippen molar-refractivity contribution in [1.82, 2.24) is 20.9 Å². The van der Waals surface area contributed by atoms with Gasteiger partial charge in [0.15, 0.2) is 11.0 Å². The Morgan fingerprint density at radius 2 is 1.60 bits per heavy atom. The Morgan fingerprint density at radius 1 is 0.896 bits per heavy atom. The number of benzene rings is 2. The van der Waals surface area contributed by atoms with Crippen LogP contribution in [-0.2, 0) is 21.0 Å². The van der Waals surface area contributed by atoms with Gasteiger partial charge in [0.1, 0.15) is 36.2 Å². The van der Waals surface area contributed by atoms with Crippen LogP contribution in [0.25, 0.3) is 0 Å². The first-order valence-corrected chi connectivity index (χ1v) is 16.2. The van der Waals surface area contributed by atoms with E-state index >= 15 is 0 Å². The minimum absolute atomic E-state index is 0.0983. The first-order valence-electron chi connectivity index (χ1n) is 15.3. The normalized spacial score (nSPS) is 12.5. The topological polar surface area (TPSA) is 252 Å². The van der Waals surface area contributed by atoms with E-state index in [2.05, 4.69) is 25.9 Å². The van der Waals surface area contributed by atoms with Crippen molar-refractivity contribution < 1.29 is 28.7 Å². The van der Waals surface area contributed by atoms with Crippen molar-refractivity contribution in [3.8, 4) is 11.5 Å². The summed E-state index contributed by atoms with van der Waals surface area (Å²) in [4.78, 5) is 60.3. The number of carbonyl (C=O) groups excluding carboxylic acids is 4. The molecule has 3 atom stereocenters. The van der Waals surface area contributed by atoms with Gasteiger partial charge in [-0.05, 0) is 74.0 Å². The number of nitrogens with two attached hydrogens (primary N) is 4. The number of thiazole rings is 1. The minimum Gasteiger partial charge on any atom is -0.497 e. The number of rotatable bonds is 20. The largest absolute Gasteiger partial charge is 0.497 e. The van der Waals surface area contributed by atoms with Crippen LogP contribution in [0.15, 0.2) is 65.1 Å². The molecule has 4 amide bonds. The van der Waals surface area contributed by atoms with Crippen LogP contribution in [0, 0.1) is 0 Å². The fraction of sp³-hybridized carbons (Fsp3) is 0.375. The maximum atomic E-state index is 13.6. The van der Waals surface area contributed by atoms with Gasteiger partial charge in [-0.1, -0.05) is 24.3 Å². The lowest BCUT2D eigenvalue weighted by Crippen LogP contribution is -2.54. The van der Waals surface area contributed by atoms with Crippen LogP contribution >= 0.6 is 11.3 Å². The molecule has 0 saturated heterocycles. The number of hydrogen-bond donors (Lipinski definition) is 7. The number of nitrogens with zero attached hydrogens (tertiary/aromatic N) is 2. The molecule has 15 nitrogen and oxygen atoms in total. The van der Waals surface area contributed by atoms with Crippen molar-refractivity contribution in [1.29, 1.82) is 0 Å². The molecule has 0 saturated carbocycles. The van der Waals surface area contributed by atoms with E-state index in [-0.39, 0.29) is 37.0 Å². The summed E-state index contributed by atoms with van der Waals surface area (Å²) in [7, 11) is 1.59. The molecule has 0 bridgehead atoms. The number of unbranched alkanes of at least 4 members (excludes halogenated alkanes) is 1. The second kappa shape index (κ2) is 19.4. The summed E-state index contributed by atoms with van der Waals surface area (Å²) in [5.74, 6) is -1.43. The summed E-state index contributed by atoms with van der Waals surface area (Å²) in [6, 6.07) is 10.7. The molecule has 3 aromatic rings. The third kappa shape index (κ3) is 12.2. The monoisotopic (exact) mass is 681 g/mol. The fourth-order valence-electron chi connectivity index (χ4n) is 4.61. The summed E-state index contributed by atoms with van der Waals surface area (Å²) < 4.78 is 11.1. The number of primary amides is 1. The third-order valence-electron chi connectivity index (χ3n) is 7.10. The predicted molar refractivity (Wildman–Crippen MR) is 182 cm³/mol. The quantitative estimate of drug-likeness (QED) is 0.0503. The summed E-state index contributed by atoms with van der Waals surface area (Å²) >= 11 is 1.12. The van der Waals surface area contributed by atoms with E-state index in [0.717, 1.165) is 16.9 Å². The van der Waals surface area contributed by atoms with E-state index in [1.807, 2.05) is 24.3 Å². The molecule has 0 radical (unpaired) electrons. The van der Waals surface area contributed by atoms with E-state index in [1.165, 1.54) is 6.20 Å². The van der Waals surface area contributed by atoms with Gasteiger partial charge >= 0.3 is 0 Å². The number of guanidine groups is 1. The van der Waals surface area contributed by atoms with E-state index in [9.17, 15) is 19.2 Å². The molecule has 11 N–H and O–H groups in total. The van der Waals surface area contributed by atoms with Crippen LogP contribution in [0.2, 0.25) is 0 Å². The highest BCUT2D eigenvalue weighted by atomic mass is 32.1. The van der Waals surface area contributed by atoms with Crippen LogP contribution in [0.5, 0.6) is 11.5 Å². The highest BCUT2D eigenvalue weighted by Crippen LogP contribution is 2.21. The van der Waals surface area contributed by atoms with Crippen LogP contribution in [0.4, 0.5) is 0 Å². The van der Waals surface area contributed by atoms with Gasteiger partial charge in [-0.2, -0.15) is 0 Å². The Balaban J connectivity index is 1.71. The molecule has 16 heteroatoms. The number of methoxy groups -OCH3 is 1. The van der Waals surface area contributed by atoms with Crippen molar-refractivity contribution in [2.24, 2.45) is 27.9 Å². The second-order valence-corrected chi connectivity index (χ2v) is 11.6. The maximum absolute atomic E-state index is 13.6. The summed E-state index contributed by atoms with van der Waals surface area (Å²) in [6.07, 6.45) is 3.34. The number of aliphatic imine (C=N–C) groups is 1. The molecule has 0 fully saturated rings. The molecular weight excluding hydrogens is 638 g/mol. The average Bonchev–Trinajstić information content (AvgIpc) is 3.63. The zero-order valence-electron chi connectivity index (χ0n) is 26.7. The van der Waals surface area contributed by atoms with E-state index in [1.54, 1.807) is 36.8 Å². The minimum atomic E-state index is -1.20. The first kappa shape index (κ1) is 37.2. The van der Waals surface area contributed by atoms with Crippen LogP contribution < -0.4 is 48.4 Å². The number of amides is 4. The summed E-state index contributed by atoms with van der Waals surface area (Å²) in [6.45, 7) is 0.900. The SMILES string of the molecule is COc1cccc(COc2ccc([C@@H](NC(=O)[C@H](CCCCN)NC(=O)[C@H](CCCN=C(N)N)NC(=O)c3nccs3)C(N)=O)cc2)c1. The molecule has 0 aliphatic heterocycles. The van der Waals surface area contributed by atoms with Crippen molar-refractivity contribution >= 4 is 40.9 Å². The lowest BCUT2D eigenvalue weighted by Gasteiger charge is -2.25. The van der Waals surface area contributed by atoms with Gasteiger partial charge in [0.2, 0.25) is 17.7 Å². The van der Waals surface area contributed by atoms with Crippen molar-refractivity contribution in [2.45, 2.75) is 56.8 Å². The molecule has 0 spiro atoms. The fourth-order valence-corrected chi connectivity index (χ4v) is 5.15. The molecule has 0 unspecified atom stereocenters. The molecule has 258 valence electrons. The molecule has 3 rings (SSSR count). The Labute approximate surface area is 282 Å². The lowest BCUT2D eigenvalue weighted by atomic mass is 10.0. The Morgan fingerprint density at radius 3 is 2.25 bits per heavy atom. The smallest absolute Gasteiger partial charge is 0.280 e. The molecule has 1 heterocycles. The van der Waals surface area contributed by atoms with E-state index < -0.39 is 41.8 Å². The standard InChI is InChI=1S/C32H43N9O6S/c1-46-23-7-4-6-20(18-23)19-47-22-12-10-21(11-13-22)26(27(34)42)41-29(44)24(8-2-3-14-33)39-28(43)25(9-5-15-38-32(35)36)40-30(45)31-37-16-17-48-31/h4,6-7,10-13,16-18,24-26H,2-3,5,8-9,14-15,19,33H2,1H3,(H2,34,42)(H,39,43)(H,40,45)(H,41,44)(H4,35,36,38)/t24-,25-,26+/m0/s1. The van der Waals surface area contributed by atoms with Crippen LogP contribution in [0.3, 0.4) is 0 Å². The Hall–Kier alpha value is -5.22. The highest BCUT2D eigenvalue weighted by molar-refractivity contribution is 7.11. The number of ether oxygens (including phenoxy) is 2. The molecule has 0 aliphatic carbocycles. The van der Waals surface area contributed by atoms with Crippen molar-refractivity contribution in [2.75, 3.05) is 20.2 Å². The van der Waals surface area contributed by atoms with Gasteiger partial charge in [0, 0.05) is 18.1 Å². The molecule has 2 aromatic carbocycles. The highest BCUT2D eigenvalue weighted by Gasteiger charge is 2.30. The maximum Gasteiger partial charge on any atom is 0.280 e. The zero-order chi connectivity index (χ0) is 34.9. The van der Waals surface area contributed by atoms with Gasteiger partial charge < -0.3 is 48.4 Å². The predicted octanol–water partition coefficient (Wildman–Crippen LogP) is 0.839. The second-order valence-electron chi connectivity index (χ2n) is 10.7. The van der Waals surface area contributed by atoms with Gasteiger partial charge in [-0.3, -0.25) is 24.2 Å². The average molecular weight is 682 g/mol. The Bertz CT molecular complexity index is 1510. The van der Waals surface area contributed by atoms with Crippen molar-refractivity contribution in [3.63, 3.8) is 0 Å². The van der Waals surface area contributed by atoms with Crippen LogP contribution in [0.1, 0.15) is 59.1 Å². The summed E-state index contributed by atoms with van der Waals surface area (Å²) in [5.41, 5.74) is 23.5. The van der Waals surface area contributed by atoms with Crippen LogP contribution in [-0.4, -0.2) is 66.9 Å². The van der Waals surface area contributed by atoms with E-state index in [0.29, 0.717) is 42.9 Å². The van der Waals surface area contributed by atoms with Gasteiger partial charge in [-0.25, -0.2) is 4.98 Å². The van der Waals surface area contributed by atoms with Gasteiger partial charge in [-0.15, -0.1) is 11.3 Å². The first-order chi connectivity index (χ1) is 23.1. The van der Waals surface area contributed by atoms with Gasteiger partial charge in [0.25, 0.3) is 5.91 Å². The Kier molecular flexibility index (Phi) is 15.1. The number of nitrogens with one attached hydrogen (secondary N) is 3. The lowest BCUT2D eigenvalue weighted by molar-refractivity contribution is -0.132. The number of aromatic nitrogens is 1. The molecular formula is C32H43N9O6S.